The molecule has 0 aliphatic heterocycles. The third-order valence-electron chi connectivity index (χ3n) is 2.99. The van der Waals surface area contributed by atoms with Crippen molar-refractivity contribution in [3.63, 3.8) is 0 Å². The Morgan fingerprint density at radius 2 is 2.00 bits per heavy atom. The summed E-state index contributed by atoms with van der Waals surface area (Å²) in [5, 5.41) is 3.81. The van der Waals surface area contributed by atoms with Gasteiger partial charge in [-0.3, -0.25) is 4.79 Å². The number of fused-ring (bicyclic) bond motifs is 1. The summed E-state index contributed by atoms with van der Waals surface area (Å²) in [5.41, 5.74) is 2.10. The summed E-state index contributed by atoms with van der Waals surface area (Å²) < 4.78 is 13.4. The molecule has 1 aromatic heterocycles. The number of halogens is 2. The summed E-state index contributed by atoms with van der Waals surface area (Å²) in [6.07, 6.45) is 1.84. The number of hydrogen-bond donors (Lipinski definition) is 2. The number of H-pyrrole nitrogens is 1. The van der Waals surface area contributed by atoms with Gasteiger partial charge in [0, 0.05) is 28.4 Å². The van der Waals surface area contributed by atoms with E-state index in [0.717, 1.165) is 10.9 Å². The first-order chi connectivity index (χ1) is 9.63. The monoisotopic (exact) mass is 332 g/mol. The van der Waals surface area contributed by atoms with Crippen molar-refractivity contribution in [3.05, 3.63) is 64.5 Å². The molecule has 0 aliphatic carbocycles. The molecule has 5 heteroatoms. The van der Waals surface area contributed by atoms with Crippen molar-refractivity contribution in [2.24, 2.45) is 0 Å². The topological polar surface area (TPSA) is 44.9 Å². The predicted octanol–water partition coefficient (Wildman–Crippen LogP) is 4.32. The maximum absolute atomic E-state index is 13.1. The number of amides is 1. The molecule has 2 N–H and O–H groups in total. The normalized spacial score (nSPS) is 10.7. The number of carbonyl (C=O) groups is 1. The van der Waals surface area contributed by atoms with Crippen molar-refractivity contribution >= 4 is 38.4 Å². The minimum absolute atomic E-state index is 0.270. The van der Waals surface area contributed by atoms with Gasteiger partial charge in [-0.15, -0.1) is 0 Å². The van der Waals surface area contributed by atoms with Gasteiger partial charge in [-0.1, -0.05) is 0 Å². The van der Waals surface area contributed by atoms with Gasteiger partial charge in [-0.25, -0.2) is 4.39 Å². The molecule has 0 spiro atoms. The molecular weight excluding hydrogens is 323 g/mol. The predicted molar refractivity (Wildman–Crippen MR) is 80.4 cm³/mol. The zero-order valence-electron chi connectivity index (χ0n) is 10.3. The van der Waals surface area contributed by atoms with Gasteiger partial charge in [0.05, 0.1) is 4.47 Å². The molecule has 1 heterocycles. The fraction of sp³-hybridized carbons (Fsp3) is 0. The molecule has 0 radical (unpaired) electrons. The van der Waals surface area contributed by atoms with Crippen LogP contribution in [0.3, 0.4) is 0 Å². The Labute approximate surface area is 122 Å². The van der Waals surface area contributed by atoms with Gasteiger partial charge in [-0.2, -0.15) is 0 Å². The Morgan fingerprint density at radius 1 is 1.15 bits per heavy atom. The summed E-state index contributed by atoms with van der Waals surface area (Å²) >= 11 is 3.07. The molecule has 1 amide bonds. The van der Waals surface area contributed by atoms with E-state index in [4.69, 9.17) is 0 Å². The zero-order valence-corrected chi connectivity index (χ0v) is 11.9. The minimum atomic E-state index is -0.393. The summed E-state index contributed by atoms with van der Waals surface area (Å²) in [6.45, 7) is 0. The number of anilines is 1. The third kappa shape index (κ3) is 2.44. The Kier molecular flexibility index (Phi) is 3.28. The van der Waals surface area contributed by atoms with Gasteiger partial charge in [-0.05, 0) is 58.4 Å². The van der Waals surface area contributed by atoms with Crippen LogP contribution in [0.4, 0.5) is 10.1 Å². The smallest absolute Gasteiger partial charge is 0.255 e. The van der Waals surface area contributed by atoms with Crippen LogP contribution in [0.5, 0.6) is 0 Å². The van der Waals surface area contributed by atoms with Gasteiger partial charge in [0.25, 0.3) is 5.91 Å². The molecule has 0 saturated heterocycles. The quantitative estimate of drug-likeness (QED) is 0.721. The van der Waals surface area contributed by atoms with Gasteiger partial charge < -0.3 is 10.3 Å². The molecule has 20 heavy (non-hydrogen) atoms. The summed E-state index contributed by atoms with van der Waals surface area (Å²) in [5.74, 6) is -0.670. The van der Waals surface area contributed by atoms with E-state index in [1.54, 1.807) is 0 Å². The number of rotatable bonds is 2. The second-order valence-electron chi connectivity index (χ2n) is 4.36. The molecule has 3 aromatic rings. The van der Waals surface area contributed by atoms with Crippen LogP contribution in [-0.2, 0) is 0 Å². The first-order valence-corrected chi connectivity index (χ1v) is 6.76. The maximum atomic E-state index is 13.1. The van der Waals surface area contributed by atoms with E-state index >= 15 is 0 Å². The lowest BCUT2D eigenvalue weighted by Crippen LogP contribution is -2.11. The van der Waals surface area contributed by atoms with Crippen LogP contribution in [0.1, 0.15) is 10.4 Å². The first-order valence-electron chi connectivity index (χ1n) is 5.97. The number of aromatic nitrogens is 1. The number of benzene rings is 2. The highest BCUT2D eigenvalue weighted by Gasteiger charge is 2.09. The average Bonchev–Trinajstić information content (AvgIpc) is 2.89. The standard InChI is InChI=1S/C15H10BrFN2O/c16-12-8-10(1-3-13(12)17)15(20)19-11-2-4-14-9(7-11)5-6-18-14/h1-8,18H,(H,19,20). The molecule has 0 unspecified atom stereocenters. The van der Waals surface area contributed by atoms with E-state index in [1.807, 2.05) is 30.5 Å². The molecular formula is C15H10BrFN2O. The van der Waals surface area contributed by atoms with Gasteiger partial charge in [0.15, 0.2) is 0 Å². The minimum Gasteiger partial charge on any atom is -0.361 e. The fourth-order valence-electron chi connectivity index (χ4n) is 1.97. The van der Waals surface area contributed by atoms with Crippen LogP contribution in [-0.4, -0.2) is 10.9 Å². The molecule has 0 aliphatic rings. The lowest BCUT2D eigenvalue weighted by atomic mass is 10.2. The van der Waals surface area contributed by atoms with Crippen molar-refractivity contribution in [1.29, 1.82) is 0 Å². The number of carbonyl (C=O) groups excluding carboxylic acids is 1. The second kappa shape index (κ2) is 5.09. The van der Waals surface area contributed by atoms with Crippen molar-refractivity contribution in [1.82, 2.24) is 4.98 Å². The Bertz CT molecular complexity index is 797. The van der Waals surface area contributed by atoms with Gasteiger partial charge >= 0.3 is 0 Å². The van der Waals surface area contributed by atoms with E-state index in [0.29, 0.717) is 11.3 Å². The lowest BCUT2D eigenvalue weighted by molar-refractivity contribution is 0.102. The van der Waals surface area contributed by atoms with Crippen LogP contribution < -0.4 is 5.32 Å². The van der Waals surface area contributed by atoms with Crippen molar-refractivity contribution < 1.29 is 9.18 Å². The molecule has 0 fully saturated rings. The Balaban J connectivity index is 1.85. The highest BCUT2D eigenvalue weighted by Crippen LogP contribution is 2.20. The van der Waals surface area contributed by atoms with Crippen LogP contribution in [0.15, 0.2) is 53.1 Å². The molecule has 0 atom stereocenters. The number of nitrogens with one attached hydrogen (secondary N) is 2. The van der Waals surface area contributed by atoms with E-state index in [-0.39, 0.29) is 10.4 Å². The van der Waals surface area contributed by atoms with Gasteiger partial charge in [0.2, 0.25) is 0 Å². The highest BCUT2D eigenvalue weighted by molar-refractivity contribution is 9.10. The molecule has 0 saturated carbocycles. The highest BCUT2D eigenvalue weighted by atomic mass is 79.9. The first kappa shape index (κ1) is 12.9. The van der Waals surface area contributed by atoms with E-state index in [2.05, 4.69) is 26.2 Å². The van der Waals surface area contributed by atoms with E-state index < -0.39 is 5.82 Å². The molecule has 100 valence electrons. The Morgan fingerprint density at radius 3 is 2.80 bits per heavy atom. The summed E-state index contributed by atoms with van der Waals surface area (Å²) in [6, 6.07) is 11.7. The maximum Gasteiger partial charge on any atom is 0.255 e. The Hall–Kier alpha value is -2.14. The van der Waals surface area contributed by atoms with Crippen LogP contribution in [0.2, 0.25) is 0 Å². The lowest BCUT2D eigenvalue weighted by Gasteiger charge is -2.06. The van der Waals surface area contributed by atoms with Crippen molar-refractivity contribution in [2.75, 3.05) is 5.32 Å². The zero-order chi connectivity index (χ0) is 14.1. The van der Waals surface area contributed by atoms with E-state index in [1.165, 1.54) is 18.2 Å². The molecule has 3 rings (SSSR count). The van der Waals surface area contributed by atoms with E-state index in [9.17, 15) is 9.18 Å². The van der Waals surface area contributed by atoms with Crippen molar-refractivity contribution in [3.8, 4) is 0 Å². The van der Waals surface area contributed by atoms with Gasteiger partial charge in [0.1, 0.15) is 5.82 Å². The summed E-state index contributed by atoms with van der Waals surface area (Å²) in [7, 11) is 0. The number of hydrogen-bond acceptors (Lipinski definition) is 1. The van der Waals surface area contributed by atoms with Crippen molar-refractivity contribution in [2.45, 2.75) is 0 Å². The van der Waals surface area contributed by atoms with Crippen LogP contribution >= 0.6 is 15.9 Å². The van der Waals surface area contributed by atoms with Crippen LogP contribution in [0.25, 0.3) is 10.9 Å². The SMILES string of the molecule is O=C(Nc1ccc2[nH]ccc2c1)c1ccc(F)c(Br)c1. The number of aromatic amines is 1. The fourth-order valence-corrected chi connectivity index (χ4v) is 2.35. The summed E-state index contributed by atoms with van der Waals surface area (Å²) in [4.78, 5) is 15.2. The molecule has 2 aromatic carbocycles. The average molecular weight is 333 g/mol. The molecule has 0 bridgehead atoms. The third-order valence-corrected chi connectivity index (χ3v) is 3.60. The van der Waals surface area contributed by atoms with Crippen LogP contribution in [0, 0.1) is 5.82 Å². The second-order valence-corrected chi connectivity index (χ2v) is 5.22. The molecule has 3 nitrogen and oxygen atoms in total. The largest absolute Gasteiger partial charge is 0.361 e.